The third-order valence-corrected chi connectivity index (χ3v) is 6.19. The van der Waals surface area contributed by atoms with Gasteiger partial charge in [0.15, 0.2) is 5.13 Å². The van der Waals surface area contributed by atoms with Crippen molar-refractivity contribution in [2.45, 2.75) is 26.7 Å². The van der Waals surface area contributed by atoms with Crippen LogP contribution in [0.25, 0.3) is 10.2 Å². The zero-order valence-electron chi connectivity index (χ0n) is 16.3. The van der Waals surface area contributed by atoms with Crippen LogP contribution in [0.1, 0.15) is 25.3 Å². The number of aryl methyl sites for hydroxylation is 1. The van der Waals surface area contributed by atoms with Crippen molar-refractivity contribution in [2.24, 2.45) is 5.92 Å². The van der Waals surface area contributed by atoms with Crippen molar-refractivity contribution >= 4 is 38.3 Å². The highest BCUT2D eigenvalue weighted by Crippen LogP contribution is 2.32. The first-order chi connectivity index (χ1) is 13.6. The van der Waals surface area contributed by atoms with Gasteiger partial charge in [0.25, 0.3) is 0 Å². The number of thiazole rings is 1. The number of piperidine rings is 1. The van der Waals surface area contributed by atoms with E-state index in [2.05, 4.69) is 35.3 Å². The van der Waals surface area contributed by atoms with E-state index in [0.29, 0.717) is 6.61 Å². The Morgan fingerprint density at radius 1 is 1.25 bits per heavy atom. The van der Waals surface area contributed by atoms with Crippen LogP contribution >= 0.6 is 11.3 Å². The Morgan fingerprint density at radius 3 is 2.82 bits per heavy atom. The molecule has 28 heavy (non-hydrogen) atoms. The Kier molecular flexibility index (Phi) is 5.48. The van der Waals surface area contributed by atoms with Crippen molar-refractivity contribution in [2.75, 3.05) is 29.9 Å². The summed E-state index contributed by atoms with van der Waals surface area (Å²) in [6.07, 6.45) is 1.66. The predicted molar refractivity (Wildman–Crippen MR) is 116 cm³/mol. The molecule has 3 aromatic rings. The Hall–Kier alpha value is -2.60. The summed E-state index contributed by atoms with van der Waals surface area (Å²) in [5.41, 5.74) is 3.06. The van der Waals surface area contributed by atoms with Crippen molar-refractivity contribution in [1.29, 1.82) is 0 Å². The van der Waals surface area contributed by atoms with Gasteiger partial charge in [-0.25, -0.2) is 4.98 Å². The van der Waals surface area contributed by atoms with Crippen LogP contribution in [0.2, 0.25) is 0 Å². The number of nitrogens with one attached hydrogen (secondary N) is 1. The van der Waals surface area contributed by atoms with E-state index >= 15 is 0 Å². The second kappa shape index (κ2) is 8.19. The van der Waals surface area contributed by atoms with Gasteiger partial charge < -0.3 is 15.0 Å². The molecule has 1 aromatic heterocycles. The lowest BCUT2D eigenvalue weighted by atomic mass is 9.96. The van der Waals surface area contributed by atoms with Crippen LogP contribution in [-0.4, -0.2) is 30.6 Å². The van der Waals surface area contributed by atoms with Crippen LogP contribution in [0.3, 0.4) is 0 Å². The average Bonchev–Trinajstić information content (AvgIpc) is 3.13. The van der Waals surface area contributed by atoms with Crippen molar-refractivity contribution < 1.29 is 9.53 Å². The van der Waals surface area contributed by atoms with Gasteiger partial charge in [0, 0.05) is 19.0 Å². The molecule has 0 atom stereocenters. The number of anilines is 2. The van der Waals surface area contributed by atoms with E-state index in [1.807, 2.05) is 31.2 Å². The molecule has 0 radical (unpaired) electrons. The molecule has 1 amide bonds. The third-order valence-electron chi connectivity index (χ3n) is 5.11. The summed E-state index contributed by atoms with van der Waals surface area (Å²) in [4.78, 5) is 19.8. The molecule has 2 heterocycles. The van der Waals surface area contributed by atoms with E-state index in [-0.39, 0.29) is 11.8 Å². The largest absolute Gasteiger partial charge is 0.492 e. The normalized spacial score (nSPS) is 15.0. The second-order valence-corrected chi connectivity index (χ2v) is 8.16. The number of carbonyl (C=O) groups excluding carboxylic acids is 1. The Balaban J connectivity index is 1.39. The number of rotatable bonds is 5. The summed E-state index contributed by atoms with van der Waals surface area (Å²) >= 11 is 1.74. The van der Waals surface area contributed by atoms with Crippen LogP contribution < -0.4 is 15.0 Å². The molecular formula is C22H25N3O2S. The minimum absolute atomic E-state index is 0.0163. The summed E-state index contributed by atoms with van der Waals surface area (Å²) in [6.45, 7) is 6.32. The number of hydrogen-bond acceptors (Lipinski definition) is 5. The maximum atomic E-state index is 12.7. The van der Waals surface area contributed by atoms with E-state index in [9.17, 15) is 4.79 Å². The summed E-state index contributed by atoms with van der Waals surface area (Å²) in [7, 11) is 0. The zero-order valence-corrected chi connectivity index (χ0v) is 17.1. The van der Waals surface area contributed by atoms with Crippen LogP contribution in [-0.2, 0) is 4.79 Å². The number of hydrogen-bond donors (Lipinski definition) is 1. The van der Waals surface area contributed by atoms with Gasteiger partial charge in [0.1, 0.15) is 5.75 Å². The number of nitrogens with zero attached hydrogens (tertiary/aromatic N) is 2. The molecule has 1 aliphatic heterocycles. The Bertz CT molecular complexity index is 977. The number of fused-ring (bicyclic) bond motifs is 1. The standard InChI is InChI=1S/C22H25N3O2S/c1-3-27-19-7-5-4-6-17(19)23-21(26)16-10-12-25(13-11-16)22-24-18-9-8-15(2)14-20(18)28-22/h4-9,14,16H,3,10-13H2,1-2H3,(H,23,26). The molecule has 1 aliphatic rings. The first-order valence-corrected chi connectivity index (χ1v) is 10.6. The van der Waals surface area contributed by atoms with Gasteiger partial charge in [0.05, 0.1) is 22.5 Å². The van der Waals surface area contributed by atoms with Crippen LogP contribution in [0, 0.1) is 12.8 Å². The van der Waals surface area contributed by atoms with Gasteiger partial charge in [-0.15, -0.1) is 0 Å². The Morgan fingerprint density at radius 2 is 2.04 bits per heavy atom. The van der Waals surface area contributed by atoms with Gasteiger partial charge in [0.2, 0.25) is 5.91 Å². The van der Waals surface area contributed by atoms with E-state index in [1.54, 1.807) is 11.3 Å². The van der Waals surface area contributed by atoms with Gasteiger partial charge in [-0.3, -0.25) is 4.79 Å². The topological polar surface area (TPSA) is 54.5 Å². The number of amides is 1. The molecule has 5 nitrogen and oxygen atoms in total. The van der Waals surface area contributed by atoms with Gasteiger partial charge in [-0.2, -0.15) is 0 Å². The first kappa shape index (κ1) is 18.7. The molecule has 1 fully saturated rings. The number of aromatic nitrogens is 1. The number of para-hydroxylation sites is 2. The fourth-order valence-electron chi connectivity index (χ4n) is 3.57. The maximum absolute atomic E-state index is 12.7. The molecule has 1 saturated heterocycles. The lowest BCUT2D eigenvalue weighted by molar-refractivity contribution is -0.120. The minimum Gasteiger partial charge on any atom is -0.492 e. The highest BCUT2D eigenvalue weighted by Gasteiger charge is 2.27. The van der Waals surface area contributed by atoms with Crippen molar-refractivity contribution in [3.05, 3.63) is 48.0 Å². The molecule has 0 saturated carbocycles. The summed E-state index contributed by atoms with van der Waals surface area (Å²) in [6, 6.07) is 14.0. The average molecular weight is 396 g/mol. The van der Waals surface area contributed by atoms with E-state index in [4.69, 9.17) is 9.72 Å². The number of ether oxygens (including phenoxy) is 1. The predicted octanol–water partition coefficient (Wildman–Crippen LogP) is 4.86. The Labute approximate surface area is 169 Å². The summed E-state index contributed by atoms with van der Waals surface area (Å²) < 4.78 is 6.83. The molecule has 0 unspecified atom stereocenters. The molecule has 6 heteroatoms. The van der Waals surface area contributed by atoms with Gasteiger partial charge in [-0.1, -0.05) is 29.5 Å². The van der Waals surface area contributed by atoms with Crippen molar-refractivity contribution in [1.82, 2.24) is 4.98 Å². The molecule has 1 N–H and O–H groups in total. The van der Waals surface area contributed by atoms with Gasteiger partial charge >= 0.3 is 0 Å². The minimum atomic E-state index is 0.0163. The third kappa shape index (κ3) is 3.97. The lowest BCUT2D eigenvalue weighted by Crippen LogP contribution is -2.38. The molecule has 0 aliphatic carbocycles. The fraction of sp³-hybridized carbons (Fsp3) is 0.364. The zero-order chi connectivity index (χ0) is 19.5. The van der Waals surface area contributed by atoms with Crippen LogP contribution in [0.5, 0.6) is 5.75 Å². The van der Waals surface area contributed by atoms with Crippen molar-refractivity contribution in [3.8, 4) is 5.75 Å². The van der Waals surface area contributed by atoms with Crippen LogP contribution in [0.4, 0.5) is 10.8 Å². The smallest absolute Gasteiger partial charge is 0.227 e. The first-order valence-electron chi connectivity index (χ1n) is 9.79. The maximum Gasteiger partial charge on any atom is 0.227 e. The fourth-order valence-corrected chi connectivity index (χ4v) is 4.69. The summed E-state index contributed by atoms with van der Waals surface area (Å²) in [5, 5.41) is 4.11. The SMILES string of the molecule is CCOc1ccccc1NC(=O)C1CCN(c2nc3ccc(C)cc3s2)CC1. The van der Waals surface area contributed by atoms with Crippen LogP contribution in [0.15, 0.2) is 42.5 Å². The van der Waals surface area contributed by atoms with E-state index in [0.717, 1.165) is 48.0 Å². The molecule has 0 bridgehead atoms. The highest BCUT2D eigenvalue weighted by atomic mass is 32.1. The summed E-state index contributed by atoms with van der Waals surface area (Å²) in [5.74, 6) is 0.815. The molecule has 0 spiro atoms. The van der Waals surface area contributed by atoms with E-state index < -0.39 is 0 Å². The molecule has 2 aromatic carbocycles. The molecule has 146 valence electrons. The number of benzene rings is 2. The number of carbonyl (C=O) groups is 1. The van der Waals surface area contributed by atoms with Gasteiger partial charge in [-0.05, 0) is 56.5 Å². The second-order valence-electron chi connectivity index (χ2n) is 7.15. The van der Waals surface area contributed by atoms with Crippen molar-refractivity contribution in [3.63, 3.8) is 0 Å². The highest BCUT2D eigenvalue weighted by molar-refractivity contribution is 7.22. The quantitative estimate of drug-likeness (QED) is 0.670. The molecule has 4 rings (SSSR count). The van der Waals surface area contributed by atoms with E-state index in [1.165, 1.54) is 10.3 Å². The lowest BCUT2D eigenvalue weighted by Gasteiger charge is -2.31. The molecular weight excluding hydrogens is 370 g/mol. The monoisotopic (exact) mass is 395 g/mol.